The number of thioether (sulfide) groups is 1. The molecule has 2 heterocycles. The van der Waals surface area contributed by atoms with Gasteiger partial charge in [-0.15, -0.1) is 10.2 Å². The topological polar surface area (TPSA) is 72.7 Å². The lowest BCUT2D eigenvalue weighted by Gasteiger charge is -2.10. The van der Waals surface area contributed by atoms with Crippen molar-refractivity contribution in [3.63, 3.8) is 0 Å². The van der Waals surface area contributed by atoms with Crippen molar-refractivity contribution < 1.29 is 9.18 Å². The number of nitrogens with one attached hydrogen (secondary N) is 1. The van der Waals surface area contributed by atoms with Crippen molar-refractivity contribution in [2.45, 2.75) is 5.16 Å². The molecule has 4 rings (SSSR count). The van der Waals surface area contributed by atoms with E-state index in [0.29, 0.717) is 16.7 Å². The van der Waals surface area contributed by atoms with Crippen LogP contribution in [0.15, 0.2) is 78.2 Å². The maximum Gasteiger partial charge on any atom is 0.234 e. The number of aromatic nitrogens is 4. The average molecular weight is 440 g/mol. The minimum Gasteiger partial charge on any atom is -0.325 e. The molecule has 150 valence electrons. The minimum absolute atomic E-state index is 0.0498. The molecule has 1 amide bonds. The normalized spacial score (nSPS) is 10.7. The first-order valence-corrected chi connectivity index (χ1v) is 10.3. The molecule has 30 heavy (non-hydrogen) atoms. The summed E-state index contributed by atoms with van der Waals surface area (Å²) in [5.74, 6) is -0.0627. The summed E-state index contributed by atoms with van der Waals surface area (Å²) in [5.41, 5.74) is 2.16. The highest BCUT2D eigenvalue weighted by molar-refractivity contribution is 7.99. The number of hydrogen-bond acceptors (Lipinski definition) is 5. The molecule has 9 heteroatoms. The van der Waals surface area contributed by atoms with E-state index in [9.17, 15) is 9.18 Å². The maximum absolute atomic E-state index is 13.3. The highest BCUT2D eigenvalue weighted by Gasteiger charge is 2.17. The van der Waals surface area contributed by atoms with Gasteiger partial charge in [0.05, 0.1) is 10.8 Å². The van der Waals surface area contributed by atoms with Crippen molar-refractivity contribution in [1.29, 1.82) is 0 Å². The summed E-state index contributed by atoms with van der Waals surface area (Å²) in [7, 11) is 0. The molecule has 0 saturated heterocycles. The van der Waals surface area contributed by atoms with E-state index in [4.69, 9.17) is 11.6 Å². The van der Waals surface area contributed by atoms with Crippen LogP contribution in [-0.4, -0.2) is 31.4 Å². The van der Waals surface area contributed by atoms with Gasteiger partial charge in [-0.2, -0.15) is 0 Å². The summed E-state index contributed by atoms with van der Waals surface area (Å²) >= 11 is 7.01. The van der Waals surface area contributed by atoms with Gasteiger partial charge in [0.1, 0.15) is 5.82 Å². The second-order valence-corrected chi connectivity index (χ2v) is 7.53. The van der Waals surface area contributed by atoms with Gasteiger partial charge in [-0.05, 0) is 42.5 Å². The van der Waals surface area contributed by atoms with Crippen LogP contribution in [0, 0.1) is 5.82 Å². The molecule has 0 radical (unpaired) electrons. The Hall–Kier alpha value is -3.23. The molecule has 0 aliphatic rings. The Balaban J connectivity index is 1.56. The largest absolute Gasteiger partial charge is 0.325 e. The second-order valence-electron chi connectivity index (χ2n) is 6.18. The Morgan fingerprint density at radius 3 is 2.57 bits per heavy atom. The Labute approximate surface area is 181 Å². The van der Waals surface area contributed by atoms with Crippen LogP contribution < -0.4 is 5.32 Å². The third-order valence-corrected chi connectivity index (χ3v) is 5.34. The van der Waals surface area contributed by atoms with Gasteiger partial charge in [0, 0.05) is 29.3 Å². The van der Waals surface area contributed by atoms with Crippen molar-refractivity contribution in [2.75, 3.05) is 11.1 Å². The molecule has 0 bridgehead atoms. The summed E-state index contributed by atoms with van der Waals surface area (Å²) in [5, 5.41) is 11.8. The van der Waals surface area contributed by atoms with E-state index in [1.165, 1.54) is 30.0 Å². The van der Waals surface area contributed by atoms with Gasteiger partial charge in [0.25, 0.3) is 0 Å². The SMILES string of the molecule is O=C(CSc1nnc(-c2ccncc2)n1-c1ccccc1)Nc1ccc(F)c(Cl)c1. The van der Waals surface area contributed by atoms with E-state index in [1.54, 1.807) is 12.4 Å². The van der Waals surface area contributed by atoms with Gasteiger partial charge in [0.2, 0.25) is 5.91 Å². The Bertz CT molecular complexity index is 1170. The molecule has 2 aromatic heterocycles. The van der Waals surface area contributed by atoms with Crippen LogP contribution >= 0.6 is 23.4 Å². The van der Waals surface area contributed by atoms with E-state index < -0.39 is 5.82 Å². The fourth-order valence-electron chi connectivity index (χ4n) is 2.76. The molecular weight excluding hydrogens is 425 g/mol. The summed E-state index contributed by atoms with van der Waals surface area (Å²) in [6.07, 6.45) is 3.38. The van der Waals surface area contributed by atoms with Crippen LogP contribution in [0.25, 0.3) is 17.1 Å². The summed E-state index contributed by atoms with van der Waals surface area (Å²) in [6.45, 7) is 0. The first-order chi connectivity index (χ1) is 14.6. The standard InChI is InChI=1S/C21H15ClFN5OS/c22-17-12-15(6-7-18(17)23)25-19(29)13-30-21-27-26-20(14-8-10-24-11-9-14)28(21)16-4-2-1-3-5-16/h1-12H,13H2,(H,25,29). The molecule has 0 spiro atoms. The summed E-state index contributed by atoms with van der Waals surface area (Å²) in [6, 6.07) is 17.4. The first kappa shape index (κ1) is 20.1. The number of para-hydroxylation sites is 1. The zero-order valence-electron chi connectivity index (χ0n) is 15.5. The number of hydrogen-bond donors (Lipinski definition) is 1. The smallest absolute Gasteiger partial charge is 0.234 e. The molecule has 0 aliphatic heterocycles. The lowest BCUT2D eigenvalue weighted by atomic mass is 10.2. The zero-order chi connectivity index (χ0) is 20.9. The molecule has 0 saturated carbocycles. The number of halogens is 2. The molecule has 0 fully saturated rings. The van der Waals surface area contributed by atoms with Gasteiger partial charge in [0.15, 0.2) is 11.0 Å². The third kappa shape index (κ3) is 4.50. The van der Waals surface area contributed by atoms with Gasteiger partial charge >= 0.3 is 0 Å². The molecule has 0 unspecified atom stereocenters. The average Bonchev–Trinajstić information content (AvgIpc) is 3.20. The van der Waals surface area contributed by atoms with Crippen LogP contribution in [-0.2, 0) is 4.79 Å². The number of carbonyl (C=O) groups is 1. The fourth-order valence-corrected chi connectivity index (χ4v) is 3.69. The molecule has 0 atom stereocenters. The Kier molecular flexibility index (Phi) is 6.06. The number of anilines is 1. The van der Waals surface area contributed by atoms with Crippen LogP contribution in [0.4, 0.5) is 10.1 Å². The number of rotatable bonds is 6. The number of carbonyl (C=O) groups excluding carboxylic acids is 1. The van der Waals surface area contributed by atoms with E-state index in [-0.39, 0.29) is 16.7 Å². The summed E-state index contributed by atoms with van der Waals surface area (Å²) in [4.78, 5) is 16.4. The van der Waals surface area contributed by atoms with Gasteiger partial charge in [-0.1, -0.05) is 41.6 Å². The number of nitrogens with zero attached hydrogens (tertiary/aromatic N) is 4. The Morgan fingerprint density at radius 2 is 1.83 bits per heavy atom. The second kappa shape index (κ2) is 9.06. The predicted molar refractivity (Wildman–Crippen MR) is 115 cm³/mol. The third-order valence-electron chi connectivity index (χ3n) is 4.12. The number of benzene rings is 2. The van der Waals surface area contributed by atoms with Crippen LogP contribution in [0.5, 0.6) is 0 Å². The number of pyridine rings is 1. The quantitative estimate of drug-likeness (QED) is 0.435. The van der Waals surface area contributed by atoms with Crippen molar-refractivity contribution in [1.82, 2.24) is 19.7 Å². The van der Waals surface area contributed by atoms with Crippen molar-refractivity contribution in [2.24, 2.45) is 0 Å². The van der Waals surface area contributed by atoms with Crippen LogP contribution in [0.3, 0.4) is 0 Å². The molecule has 6 nitrogen and oxygen atoms in total. The fraction of sp³-hybridized carbons (Fsp3) is 0.0476. The lowest BCUT2D eigenvalue weighted by molar-refractivity contribution is -0.113. The van der Waals surface area contributed by atoms with E-state index >= 15 is 0 Å². The van der Waals surface area contributed by atoms with Gasteiger partial charge in [-0.25, -0.2) is 4.39 Å². The monoisotopic (exact) mass is 439 g/mol. The molecule has 0 aliphatic carbocycles. The minimum atomic E-state index is -0.538. The van der Waals surface area contributed by atoms with Gasteiger partial charge < -0.3 is 5.32 Å². The van der Waals surface area contributed by atoms with Gasteiger partial charge in [-0.3, -0.25) is 14.3 Å². The number of amides is 1. The molecule has 2 aromatic carbocycles. The molecule has 1 N–H and O–H groups in total. The first-order valence-electron chi connectivity index (χ1n) is 8.91. The van der Waals surface area contributed by atoms with Crippen molar-refractivity contribution >= 4 is 35.0 Å². The van der Waals surface area contributed by atoms with Crippen molar-refractivity contribution in [3.05, 3.63) is 83.9 Å². The lowest BCUT2D eigenvalue weighted by Crippen LogP contribution is -2.14. The predicted octanol–water partition coefficient (Wildman–Crippen LogP) is 4.85. The highest BCUT2D eigenvalue weighted by Crippen LogP contribution is 2.28. The zero-order valence-corrected chi connectivity index (χ0v) is 17.1. The van der Waals surface area contributed by atoms with Crippen LogP contribution in [0.2, 0.25) is 5.02 Å². The van der Waals surface area contributed by atoms with E-state index in [1.807, 2.05) is 47.0 Å². The van der Waals surface area contributed by atoms with E-state index in [0.717, 1.165) is 11.3 Å². The highest BCUT2D eigenvalue weighted by atomic mass is 35.5. The Morgan fingerprint density at radius 1 is 1.07 bits per heavy atom. The van der Waals surface area contributed by atoms with Crippen LogP contribution in [0.1, 0.15) is 0 Å². The maximum atomic E-state index is 13.3. The van der Waals surface area contributed by atoms with Crippen molar-refractivity contribution in [3.8, 4) is 17.1 Å². The summed E-state index contributed by atoms with van der Waals surface area (Å²) < 4.78 is 15.2. The van der Waals surface area contributed by atoms with E-state index in [2.05, 4.69) is 20.5 Å². The molecule has 4 aromatic rings. The molecular formula is C21H15ClFN5OS.